The summed E-state index contributed by atoms with van der Waals surface area (Å²) in [5.74, 6) is -4.05. The molecule has 2 heterocycles. The van der Waals surface area contributed by atoms with E-state index in [-0.39, 0.29) is 29.2 Å². The third-order valence-corrected chi connectivity index (χ3v) is 8.39. The van der Waals surface area contributed by atoms with Crippen LogP contribution in [0.15, 0.2) is 42.6 Å². The van der Waals surface area contributed by atoms with Gasteiger partial charge in [0.2, 0.25) is 5.82 Å². The minimum atomic E-state index is -1.37. The number of anilines is 1. The highest BCUT2D eigenvalue weighted by atomic mass is 19.2. The maximum absolute atomic E-state index is 15.8. The summed E-state index contributed by atoms with van der Waals surface area (Å²) in [5.41, 5.74) is 1.66. The molecule has 1 saturated heterocycles. The third kappa shape index (κ3) is 7.50. The lowest BCUT2D eigenvalue weighted by Crippen LogP contribution is -2.39. The number of hydrogen-bond acceptors (Lipinski definition) is 5. The average molecular weight is 599 g/mol. The molecule has 6 nitrogen and oxygen atoms in total. The smallest absolute Gasteiger partial charge is 0.337 e. The Hall–Kier alpha value is -3.59. The Morgan fingerprint density at radius 3 is 2.30 bits per heavy atom. The van der Waals surface area contributed by atoms with Gasteiger partial charge in [-0.3, -0.25) is 4.98 Å². The summed E-state index contributed by atoms with van der Waals surface area (Å²) in [6.07, 6.45) is 2.74. The first-order chi connectivity index (χ1) is 20.2. The van der Waals surface area contributed by atoms with E-state index in [4.69, 9.17) is 9.47 Å². The molecule has 1 fully saturated rings. The van der Waals surface area contributed by atoms with Crippen LogP contribution in [0, 0.1) is 29.8 Å². The number of hydrogen-bond donors (Lipinski definition) is 1. The fourth-order valence-electron chi connectivity index (χ4n) is 5.21. The lowest BCUT2D eigenvalue weighted by Gasteiger charge is -2.41. The zero-order valence-electron chi connectivity index (χ0n) is 25.8. The van der Waals surface area contributed by atoms with Gasteiger partial charge in [-0.25, -0.2) is 13.6 Å². The molecule has 0 bridgehead atoms. The number of pyridine rings is 1. The van der Waals surface area contributed by atoms with E-state index in [0.717, 1.165) is 18.4 Å². The Morgan fingerprint density at radius 2 is 1.70 bits per heavy atom. The number of benzene rings is 2. The summed E-state index contributed by atoms with van der Waals surface area (Å²) in [6.45, 7) is 12.9. The minimum absolute atomic E-state index is 0.0455. The monoisotopic (exact) mass is 598 g/mol. The van der Waals surface area contributed by atoms with Crippen molar-refractivity contribution in [2.24, 2.45) is 5.41 Å². The fourth-order valence-corrected chi connectivity index (χ4v) is 5.21. The predicted molar refractivity (Wildman–Crippen MR) is 161 cm³/mol. The number of aliphatic carboxylic acids is 1. The van der Waals surface area contributed by atoms with E-state index in [1.807, 2.05) is 25.7 Å². The number of ether oxygens (including phenoxy) is 2. The summed E-state index contributed by atoms with van der Waals surface area (Å²) in [7, 11) is 0. The van der Waals surface area contributed by atoms with Crippen molar-refractivity contribution in [3.63, 3.8) is 0 Å². The Bertz CT molecular complexity index is 1450. The van der Waals surface area contributed by atoms with Crippen molar-refractivity contribution in [2.45, 2.75) is 78.9 Å². The van der Waals surface area contributed by atoms with E-state index in [0.29, 0.717) is 48.4 Å². The summed E-state index contributed by atoms with van der Waals surface area (Å²) < 4.78 is 56.2. The molecule has 0 saturated carbocycles. The van der Waals surface area contributed by atoms with Gasteiger partial charge in [-0.15, -0.1) is 0 Å². The number of piperidine rings is 1. The summed E-state index contributed by atoms with van der Waals surface area (Å²) in [4.78, 5) is 19.2. The van der Waals surface area contributed by atoms with Gasteiger partial charge in [0.1, 0.15) is 5.82 Å². The van der Waals surface area contributed by atoms with E-state index < -0.39 is 29.3 Å². The number of rotatable bonds is 11. The van der Waals surface area contributed by atoms with Crippen LogP contribution >= 0.6 is 0 Å². The normalized spacial score (nSPS) is 15.8. The first-order valence-electron chi connectivity index (χ1n) is 14.7. The van der Waals surface area contributed by atoms with Crippen molar-refractivity contribution in [3.05, 3.63) is 76.9 Å². The van der Waals surface area contributed by atoms with Gasteiger partial charge >= 0.3 is 5.97 Å². The second-order valence-electron chi connectivity index (χ2n) is 12.6. The topological polar surface area (TPSA) is 71.9 Å². The third-order valence-electron chi connectivity index (χ3n) is 8.39. The molecular formula is C34H41F3N2O4. The maximum Gasteiger partial charge on any atom is 0.337 e. The van der Waals surface area contributed by atoms with E-state index in [2.05, 4.69) is 18.8 Å². The number of carboxylic acids is 1. The average Bonchev–Trinajstić information content (AvgIpc) is 2.95. The molecule has 1 atom stereocenters. The molecule has 4 rings (SSSR count). The van der Waals surface area contributed by atoms with Crippen LogP contribution in [0.5, 0.6) is 5.75 Å². The molecule has 2 aromatic carbocycles. The Labute approximate surface area is 251 Å². The lowest BCUT2D eigenvalue weighted by molar-refractivity contribution is -0.162. The molecule has 3 aromatic rings. The highest BCUT2D eigenvalue weighted by Crippen LogP contribution is 2.45. The molecule has 1 aliphatic heterocycles. The first kappa shape index (κ1) is 32.3. The Morgan fingerprint density at radius 1 is 1.05 bits per heavy atom. The molecule has 1 N–H and O–H groups in total. The van der Waals surface area contributed by atoms with Crippen LogP contribution in [0.25, 0.3) is 11.1 Å². The zero-order chi connectivity index (χ0) is 31.5. The van der Waals surface area contributed by atoms with Gasteiger partial charge in [0.25, 0.3) is 0 Å². The van der Waals surface area contributed by atoms with Crippen LogP contribution < -0.4 is 9.64 Å². The summed E-state index contributed by atoms with van der Waals surface area (Å²) in [5, 5.41) is 10.4. The van der Waals surface area contributed by atoms with Crippen molar-refractivity contribution in [1.82, 2.24) is 4.98 Å². The largest absolute Gasteiger partial charge is 0.490 e. The van der Waals surface area contributed by atoms with Crippen LogP contribution in [-0.2, 0) is 16.0 Å². The van der Waals surface area contributed by atoms with E-state index in [1.165, 1.54) is 30.5 Å². The summed E-state index contributed by atoms with van der Waals surface area (Å²) >= 11 is 0. The molecule has 0 amide bonds. The van der Waals surface area contributed by atoms with Gasteiger partial charge in [0, 0.05) is 48.1 Å². The molecule has 43 heavy (non-hydrogen) atoms. The number of carboxylic acid groups (broad SMARTS) is 1. The molecular weight excluding hydrogens is 557 g/mol. The van der Waals surface area contributed by atoms with Crippen molar-refractivity contribution in [3.8, 4) is 16.9 Å². The first-order valence-corrected chi connectivity index (χ1v) is 14.7. The molecule has 0 unspecified atom stereocenters. The van der Waals surface area contributed by atoms with Gasteiger partial charge in [-0.1, -0.05) is 32.9 Å². The maximum atomic E-state index is 15.8. The summed E-state index contributed by atoms with van der Waals surface area (Å²) in [6, 6.07) is 8.69. The Balaban J connectivity index is 1.77. The van der Waals surface area contributed by atoms with E-state index in [9.17, 15) is 14.3 Å². The van der Waals surface area contributed by atoms with Crippen LogP contribution in [-0.4, -0.2) is 41.4 Å². The van der Waals surface area contributed by atoms with Crippen LogP contribution in [0.2, 0.25) is 0 Å². The highest BCUT2D eigenvalue weighted by molar-refractivity contribution is 5.86. The van der Waals surface area contributed by atoms with Crippen molar-refractivity contribution in [1.29, 1.82) is 0 Å². The van der Waals surface area contributed by atoms with E-state index in [1.54, 1.807) is 19.1 Å². The number of halogens is 3. The lowest BCUT2D eigenvalue weighted by atomic mass is 9.82. The molecule has 1 aromatic heterocycles. The fraction of sp³-hybridized carbons (Fsp3) is 0.471. The van der Waals surface area contributed by atoms with Gasteiger partial charge in [-0.05, 0) is 75.3 Å². The predicted octanol–water partition coefficient (Wildman–Crippen LogP) is 8.05. The van der Waals surface area contributed by atoms with Gasteiger partial charge in [0.15, 0.2) is 17.7 Å². The van der Waals surface area contributed by atoms with Gasteiger partial charge < -0.3 is 19.5 Å². The van der Waals surface area contributed by atoms with Crippen molar-refractivity contribution < 1.29 is 32.5 Å². The second-order valence-corrected chi connectivity index (χ2v) is 12.6. The molecule has 9 heteroatoms. The quantitative estimate of drug-likeness (QED) is 0.241. The van der Waals surface area contributed by atoms with E-state index >= 15 is 8.78 Å². The van der Waals surface area contributed by atoms with Crippen LogP contribution in [0.3, 0.4) is 0 Å². The number of carbonyl (C=O) groups is 1. The number of aromatic nitrogens is 1. The standard InChI is InChI=1S/C34H41F3N2O4/c1-7-34(5,6)43-31(32(40)41)27-21(2)38-20-25(30(27)39-17-15-33(3,4)16-18-39)24-12-13-26(29(37)28(24)36)42-19-14-22-8-10-23(35)11-9-22/h8-13,20,31H,7,14-19H2,1-6H3,(H,40,41)/t31-/m0/s1. The van der Waals surface area contributed by atoms with Gasteiger partial charge in [0.05, 0.1) is 17.9 Å². The molecule has 1 aliphatic rings. The second kappa shape index (κ2) is 13.0. The SMILES string of the molecule is CCC(C)(C)O[C@H](C(=O)O)c1c(C)ncc(-c2ccc(OCCc3ccc(F)cc3)c(F)c2F)c1N1CCC(C)(C)CC1. The number of aryl methyl sites for hydroxylation is 1. The Kier molecular flexibility index (Phi) is 9.74. The number of nitrogens with zero attached hydrogens (tertiary/aromatic N) is 2. The zero-order valence-corrected chi connectivity index (χ0v) is 25.8. The van der Waals surface area contributed by atoms with Gasteiger partial charge in [-0.2, -0.15) is 4.39 Å². The van der Waals surface area contributed by atoms with Crippen LogP contribution in [0.4, 0.5) is 18.9 Å². The van der Waals surface area contributed by atoms with Crippen molar-refractivity contribution in [2.75, 3.05) is 24.6 Å². The molecule has 0 spiro atoms. The van der Waals surface area contributed by atoms with Crippen molar-refractivity contribution >= 4 is 11.7 Å². The van der Waals surface area contributed by atoms with Crippen LogP contribution in [0.1, 0.15) is 76.8 Å². The molecule has 0 radical (unpaired) electrons. The minimum Gasteiger partial charge on any atom is -0.490 e. The highest BCUT2D eigenvalue weighted by Gasteiger charge is 2.37. The molecule has 0 aliphatic carbocycles. The molecule has 232 valence electrons.